The molecule has 0 saturated carbocycles. The van der Waals surface area contributed by atoms with Crippen LogP contribution in [0.1, 0.15) is 20.3 Å². The molecule has 1 aliphatic heterocycles. The third-order valence-electron chi connectivity index (χ3n) is 2.71. The highest BCUT2D eigenvalue weighted by Crippen LogP contribution is 2.33. The fourth-order valence-corrected chi connectivity index (χ4v) is 1.45. The maximum atomic E-state index is 11.2. The molecule has 0 N–H and O–H groups in total. The summed E-state index contributed by atoms with van der Waals surface area (Å²) < 4.78 is 5.15. The van der Waals surface area contributed by atoms with Crippen LogP contribution in [0.4, 0.5) is 0 Å². The van der Waals surface area contributed by atoms with Crippen LogP contribution in [0.5, 0.6) is 0 Å². The highest BCUT2D eigenvalue weighted by atomic mass is 16.5. The van der Waals surface area contributed by atoms with Gasteiger partial charge in [-0.1, -0.05) is 0 Å². The van der Waals surface area contributed by atoms with Crippen molar-refractivity contribution in [1.29, 1.82) is 5.26 Å². The van der Waals surface area contributed by atoms with Gasteiger partial charge >= 0.3 is 0 Å². The van der Waals surface area contributed by atoms with Gasteiger partial charge in [-0.25, -0.2) is 0 Å². The van der Waals surface area contributed by atoms with Gasteiger partial charge in [-0.15, -0.1) is 0 Å². The fraction of sp³-hybridized carbons (Fsp3) is 0.778. The van der Waals surface area contributed by atoms with Crippen molar-refractivity contribution in [3.8, 4) is 6.07 Å². The molecular formula is C9H13NO2. The number of nitriles is 1. The fourth-order valence-electron chi connectivity index (χ4n) is 1.45. The van der Waals surface area contributed by atoms with Gasteiger partial charge in [-0.05, 0) is 20.3 Å². The summed E-state index contributed by atoms with van der Waals surface area (Å²) in [6, 6.07) is 2.09. The van der Waals surface area contributed by atoms with E-state index in [1.165, 1.54) is 6.92 Å². The van der Waals surface area contributed by atoms with E-state index in [1.54, 1.807) is 6.92 Å². The molecule has 0 aromatic heterocycles. The summed E-state index contributed by atoms with van der Waals surface area (Å²) in [6.07, 6.45) is 0.823. The van der Waals surface area contributed by atoms with Crippen molar-refractivity contribution in [2.75, 3.05) is 13.2 Å². The minimum Gasteiger partial charge on any atom is -0.381 e. The van der Waals surface area contributed by atoms with Gasteiger partial charge in [0.2, 0.25) is 0 Å². The van der Waals surface area contributed by atoms with Crippen molar-refractivity contribution in [3.63, 3.8) is 0 Å². The van der Waals surface area contributed by atoms with Crippen LogP contribution < -0.4 is 0 Å². The van der Waals surface area contributed by atoms with E-state index in [-0.39, 0.29) is 11.7 Å². The summed E-state index contributed by atoms with van der Waals surface area (Å²) in [5.41, 5.74) is -0.837. The zero-order valence-corrected chi connectivity index (χ0v) is 7.46. The summed E-state index contributed by atoms with van der Waals surface area (Å²) in [6.45, 7) is 4.40. The molecule has 1 heterocycles. The Morgan fingerprint density at radius 2 is 2.42 bits per heavy atom. The van der Waals surface area contributed by atoms with Gasteiger partial charge < -0.3 is 4.74 Å². The zero-order chi connectivity index (χ0) is 9.19. The number of rotatable bonds is 2. The van der Waals surface area contributed by atoms with Crippen LogP contribution in [-0.2, 0) is 9.53 Å². The topological polar surface area (TPSA) is 50.1 Å². The molecule has 0 aliphatic carbocycles. The van der Waals surface area contributed by atoms with E-state index in [1.807, 2.05) is 0 Å². The zero-order valence-electron chi connectivity index (χ0n) is 7.46. The molecule has 66 valence electrons. The molecule has 1 rings (SSSR count). The lowest BCUT2D eigenvalue weighted by molar-refractivity contribution is -0.125. The van der Waals surface area contributed by atoms with Crippen LogP contribution in [0.25, 0.3) is 0 Å². The number of hydrogen-bond acceptors (Lipinski definition) is 3. The second kappa shape index (κ2) is 3.24. The highest BCUT2D eigenvalue weighted by molar-refractivity contribution is 5.85. The Kier molecular flexibility index (Phi) is 2.49. The van der Waals surface area contributed by atoms with Gasteiger partial charge in [0, 0.05) is 12.5 Å². The lowest BCUT2D eigenvalue weighted by Gasteiger charge is -2.23. The normalized spacial score (nSPS) is 27.6. The Hall–Kier alpha value is -0.880. The Labute approximate surface area is 72.3 Å². The first-order valence-corrected chi connectivity index (χ1v) is 4.11. The van der Waals surface area contributed by atoms with Crippen molar-refractivity contribution in [3.05, 3.63) is 0 Å². The number of carbonyl (C=O) groups is 1. The molecule has 0 aromatic rings. The van der Waals surface area contributed by atoms with Crippen molar-refractivity contribution in [2.24, 2.45) is 11.3 Å². The van der Waals surface area contributed by atoms with Gasteiger partial charge in [0.15, 0.2) is 0 Å². The smallest absolute Gasteiger partial charge is 0.150 e. The predicted octanol–water partition coefficient (Wildman–Crippen LogP) is 1.14. The van der Waals surface area contributed by atoms with E-state index in [2.05, 4.69) is 6.07 Å². The van der Waals surface area contributed by atoms with Gasteiger partial charge in [0.05, 0.1) is 12.7 Å². The van der Waals surface area contributed by atoms with E-state index < -0.39 is 5.41 Å². The Morgan fingerprint density at radius 3 is 2.75 bits per heavy atom. The maximum Gasteiger partial charge on any atom is 0.150 e. The Balaban J connectivity index is 2.80. The number of Topliss-reactive ketones (excluding diaryl/α,β-unsaturated/α-hetero) is 1. The first-order chi connectivity index (χ1) is 5.61. The molecular weight excluding hydrogens is 154 g/mol. The predicted molar refractivity (Wildman–Crippen MR) is 43.3 cm³/mol. The molecule has 12 heavy (non-hydrogen) atoms. The molecule has 0 bridgehead atoms. The van der Waals surface area contributed by atoms with Gasteiger partial charge in [-0.3, -0.25) is 4.79 Å². The molecule has 0 radical (unpaired) electrons. The summed E-state index contributed by atoms with van der Waals surface area (Å²) in [5.74, 6) is 0.0282. The first-order valence-electron chi connectivity index (χ1n) is 4.11. The maximum absolute atomic E-state index is 11.2. The van der Waals surface area contributed by atoms with Crippen LogP contribution in [0.2, 0.25) is 0 Å². The highest BCUT2D eigenvalue weighted by Gasteiger charge is 2.40. The van der Waals surface area contributed by atoms with Crippen LogP contribution in [0.15, 0.2) is 0 Å². The molecule has 2 atom stereocenters. The van der Waals surface area contributed by atoms with Crippen molar-refractivity contribution in [2.45, 2.75) is 20.3 Å². The lowest BCUT2D eigenvalue weighted by atomic mass is 9.75. The molecule has 0 aromatic carbocycles. The van der Waals surface area contributed by atoms with Gasteiger partial charge in [-0.2, -0.15) is 5.26 Å². The molecule has 2 unspecified atom stereocenters. The number of hydrogen-bond donors (Lipinski definition) is 0. The molecule has 3 nitrogen and oxygen atoms in total. The standard InChI is InChI=1S/C9H13NO2/c1-7(11)9(2,6-10)8-3-4-12-5-8/h8H,3-5H2,1-2H3. The summed E-state index contributed by atoms with van der Waals surface area (Å²) >= 11 is 0. The monoisotopic (exact) mass is 167 g/mol. The Bertz CT molecular complexity index is 225. The quantitative estimate of drug-likeness (QED) is 0.619. The lowest BCUT2D eigenvalue weighted by Crippen LogP contribution is -2.33. The van der Waals surface area contributed by atoms with E-state index in [0.29, 0.717) is 13.2 Å². The van der Waals surface area contributed by atoms with Crippen LogP contribution in [-0.4, -0.2) is 19.0 Å². The molecule has 1 aliphatic rings. The Morgan fingerprint density at radius 1 is 1.75 bits per heavy atom. The molecule has 0 spiro atoms. The minimum absolute atomic E-state index is 0.0551. The number of ether oxygens (including phenoxy) is 1. The van der Waals surface area contributed by atoms with Crippen LogP contribution in [0.3, 0.4) is 0 Å². The van der Waals surface area contributed by atoms with Crippen molar-refractivity contribution in [1.82, 2.24) is 0 Å². The van der Waals surface area contributed by atoms with E-state index in [9.17, 15) is 4.79 Å². The first kappa shape index (κ1) is 9.21. The third kappa shape index (κ3) is 1.35. The molecule has 3 heteroatoms. The third-order valence-corrected chi connectivity index (χ3v) is 2.71. The molecule has 1 fully saturated rings. The SMILES string of the molecule is CC(=O)C(C)(C#N)C1CCOC1. The average Bonchev–Trinajstić information content (AvgIpc) is 2.54. The van der Waals surface area contributed by atoms with E-state index >= 15 is 0 Å². The number of nitrogens with zero attached hydrogens (tertiary/aromatic N) is 1. The van der Waals surface area contributed by atoms with E-state index in [0.717, 1.165) is 6.42 Å². The summed E-state index contributed by atoms with van der Waals surface area (Å²) in [4.78, 5) is 11.2. The second-order valence-electron chi connectivity index (χ2n) is 3.43. The van der Waals surface area contributed by atoms with Crippen molar-refractivity contribution < 1.29 is 9.53 Å². The summed E-state index contributed by atoms with van der Waals surface area (Å²) in [5, 5.41) is 8.89. The largest absolute Gasteiger partial charge is 0.381 e. The number of carbonyl (C=O) groups excluding carboxylic acids is 1. The number of ketones is 1. The van der Waals surface area contributed by atoms with Crippen LogP contribution in [0, 0.1) is 22.7 Å². The molecule has 1 saturated heterocycles. The van der Waals surface area contributed by atoms with Gasteiger partial charge in [0.1, 0.15) is 11.2 Å². The second-order valence-corrected chi connectivity index (χ2v) is 3.43. The van der Waals surface area contributed by atoms with E-state index in [4.69, 9.17) is 10.00 Å². The van der Waals surface area contributed by atoms with Crippen molar-refractivity contribution >= 4 is 5.78 Å². The molecule has 0 amide bonds. The summed E-state index contributed by atoms with van der Waals surface area (Å²) in [7, 11) is 0. The van der Waals surface area contributed by atoms with Crippen LogP contribution >= 0.6 is 0 Å². The average molecular weight is 167 g/mol. The minimum atomic E-state index is -0.837. The van der Waals surface area contributed by atoms with Gasteiger partial charge in [0.25, 0.3) is 0 Å².